The van der Waals surface area contributed by atoms with Gasteiger partial charge in [0, 0.05) is 6.54 Å². The van der Waals surface area contributed by atoms with Gasteiger partial charge in [-0.25, -0.2) is 4.39 Å². The van der Waals surface area contributed by atoms with Crippen LogP contribution in [0.2, 0.25) is 5.02 Å². The largest absolute Gasteiger partial charge is 0.456 e. The third-order valence-electron chi connectivity index (χ3n) is 4.71. The topological polar surface area (TPSA) is 92.8 Å². The van der Waals surface area contributed by atoms with Gasteiger partial charge in [0.1, 0.15) is 5.82 Å². The van der Waals surface area contributed by atoms with Gasteiger partial charge in [-0.2, -0.15) is 0 Å². The molecule has 1 fully saturated rings. The standard InChI is InChI=1S/C19H18ClFN2O5/c20-14-9-11(21)5-6-15(14)22-16(24)10-28-17(25)7-8-23-18(26)12-3-1-2-4-13(12)19(23)27/h1-2,5-6,9,12-13H,3-4,7-8,10H2,(H,22,24)/t12-,13+. The molecule has 148 valence electrons. The lowest BCUT2D eigenvalue weighted by molar-refractivity contribution is -0.148. The average Bonchev–Trinajstić information content (AvgIpc) is 2.91. The number of allylic oxidation sites excluding steroid dienone is 2. The van der Waals surface area contributed by atoms with Crippen LogP contribution in [0.3, 0.4) is 0 Å². The van der Waals surface area contributed by atoms with Crippen LogP contribution in [0.25, 0.3) is 0 Å². The van der Waals surface area contributed by atoms with Gasteiger partial charge in [0.15, 0.2) is 6.61 Å². The molecule has 0 radical (unpaired) electrons. The number of carbonyl (C=O) groups is 4. The first-order valence-electron chi connectivity index (χ1n) is 8.77. The zero-order chi connectivity index (χ0) is 20.3. The van der Waals surface area contributed by atoms with Crippen LogP contribution >= 0.6 is 11.6 Å². The number of halogens is 2. The van der Waals surface area contributed by atoms with Crippen LogP contribution in [-0.2, 0) is 23.9 Å². The van der Waals surface area contributed by atoms with E-state index in [0.29, 0.717) is 12.8 Å². The monoisotopic (exact) mass is 408 g/mol. The van der Waals surface area contributed by atoms with E-state index < -0.39 is 24.3 Å². The third kappa shape index (κ3) is 4.39. The minimum absolute atomic E-state index is 0.0155. The van der Waals surface area contributed by atoms with Crippen LogP contribution in [0, 0.1) is 17.7 Å². The number of esters is 1. The van der Waals surface area contributed by atoms with Gasteiger partial charge < -0.3 is 10.1 Å². The Balaban J connectivity index is 1.44. The predicted octanol–water partition coefficient (Wildman–Crippen LogP) is 2.30. The molecule has 1 saturated heterocycles. The number of carbonyl (C=O) groups excluding carboxylic acids is 4. The molecule has 28 heavy (non-hydrogen) atoms. The Labute approximate surface area is 165 Å². The average molecular weight is 409 g/mol. The van der Waals surface area contributed by atoms with E-state index in [9.17, 15) is 23.6 Å². The summed E-state index contributed by atoms with van der Waals surface area (Å²) >= 11 is 5.80. The summed E-state index contributed by atoms with van der Waals surface area (Å²) in [6.07, 6.45) is 4.63. The van der Waals surface area contributed by atoms with Crippen molar-refractivity contribution in [1.82, 2.24) is 4.90 Å². The van der Waals surface area contributed by atoms with Crippen LogP contribution in [-0.4, -0.2) is 41.7 Å². The van der Waals surface area contributed by atoms with Gasteiger partial charge in [-0.15, -0.1) is 0 Å². The second-order valence-corrected chi connectivity index (χ2v) is 6.97. The molecule has 0 aromatic heterocycles. The van der Waals surface area contributed by atoms with Crippen molar-refractivity contribution in [3.05, 3.63) is 41.2 Å². The van der Waals surface area contributed by atoms with Crippen molar-refractivity contribution in [3.8, 4) is 0 Å². The zero-order valence-electron chi connectivity index (χ0n) is 14.8. The number of likely N-dealkylation sites (tertiary alicyclic amines) is 1. The predicted molar refractivity (Wildman–Crippen MR) is 97.7 cm³/mol. The second-order valence-electron chi connectivity index (χ2n) is 6.57. The number of anilines is 1. The molecule has 0 unspecified atom stereocenters. The second kappa shape index (κ2) is 8.52. The summed E-state index contributed by atoms with van der Waals surface area (Å²) in [4.78, 5) is 49.4. The van der Waals surface area contributed by atoms with Gasteiger partial charge in [0.2, 0.25) is 11.8 Å². The highest BCUT2D eigenvalue weighted by Gasteiger charge is 2.46. The van der Waals surface area contributed by atoms with Gasteiger partial charge in [-0.1, -0.05) is 23.8 Å². The number of benzene rings is 1. The highest BCUT2D eigenvalue weighted by molar-refractivity contribution is 6.33. The molecule has 1 aliphatic heterocycles. The van der Waals surface area contributed by atoms with Crippen LogP contribution in [0.4, 0.5) is 10.1 Å². The molecule has 3 rings (SSSR count). The molecular weight excluding hydrogens is 391 g/mol. The van der Waals surface area contributed by atoms with Crippen molar-refractivity contribution < 1.29 is 28.3 Å². The summed E-state index contributed by atoms with van der Waals surface area (Å²) in [5.41, 5.74) is 0.189. The fourth-order valence-electron chi connectivity index (χ4n) is 3.29. The summed E-state index contributed by atoms with van der Waals surface area (Å²) in [5.74, 6) is -3.14. The maximum absolute atomic E-state index is 13.0. The number of amides is 3. The number of nitrogens with one attached hydrogen (secondary N) is 1. The Bertz CT molecular complexity index is 831. The van der Waals surface area contributed by atoms with Crippen molar-refractivity contribution in [2.24, 2.45) is 11.8 Å². The van der Waals surface area contributed by atoms with E-state index >= 15 is 0 Å². The molecule has 1 heterocycles. The van der Waals surface area contributed by atoms with Crippen molar-refractivity contribution >= 4 is 41.0 Å². The number of ether oxygens (including phenoxy) is 1. The van der Waals surface area contributed by atoms with E-state index in [-0.39, 0.29) is 47.3 Å². The van der Waals surface area contributed by atoms with Gasteiger partial charge in [-0.05, 0) is 31.0 Å². The van der Waals surface area contributed by atoms with Crippen LogP contribution < -0.4 is 5.32 Å². The van der Waals surface area contributed by atoms with E-state index in [0.717, 1.165) is 17.0 Å². The molecular formula is C19H18ClFN2O5. The number of rotatable bonds is 6. The molecule has 1 N–H and O–H groups in total. The first kappa shape index (κ1) is 20.0. The Morgan fingerprint density at radius 2 is 1.82 bits per heavy atom. The molecule has 1 aliphatic carbocycles. The van der Waals surface area contributed by atoms with Crippen molar-refractivity contribution in [3.63, 3.8) is 0 Å². The van der Waals surface area contributed by atoms with Crippen LogP contribution in [0.5, 0.6) is 0 Å². The van der Waals surface area contributed by atoms with E-state index in [2.05, 4.69) is 5.32 Å². The summed E-state index contributed by atoms with van der Waals surface area (Å²) in [6, 6.07) is 3.46. The number of imide groups is 1. The first-order chi connectivity index (χ1) is 13.4. The maximum Gasteiger partial charge on any atom is 0.308 e. The molecule has 2 aliphatic rings. The maximum atomic E-state index is 13.0. The fraction of sp³-hybridized carbons (Fsp3) is 0.368. The van der Waals surface area contributed by atoms with Gasteiger partial charge in [0.25, 0.3) is 5.91 Å². The lowest BCUT2D eigenvalue weighted by Crippen LogP contribution is -2.33. The molecule has 9 heteroatoms. The van der Waals surface area contributed by atoms with Gasteiger partial charge in [-0.3, -0.25) is 24.1 Å². The zero-order valence-corrected chi connectivity index (χ0v) is 15.6. The van der Waals surface area contributed by atoms with Crippen molar-refractivity contribution in [2.75, 3.05) is 18.5 Å². The molecule has 1 aromatic carbocycles. The van der Waals surface area contributed by atoms with Crippen LogP contribution in [0.15, 0.2) is 30.4 Å². The number of hydrogen-bond acceptors (Lipinski definition) is 5. The molecule has 1 aromatic rings. The van der Waals surface area contributed by atoms with E-state index in [1.165, 1.54) is 6.07 Å². The number of hydrogen-bond donors (Lipinski definition) is 1. The Hall–Kier alpha value is -2.74. The van der Waals surface area contributed by atoms with E-state index in [4.69, 9.17) is 16.3 Å². The van der Waals surface area contributed by atoms with E-state index in [1.807, 2.05) is 12.2 Å². The minimum atomic E-state index is -0.714. The lowest BCUT2D eigenvalue weighted by atomic mass is 9.85. The van der Waals surface area contributed by atoms with Crippen molar-refractivity contribution in [2.45, 2.75) is 19.3 Å². The Morgan fingerprint density at radius 3 is 2.43 bits per heavy atom. The highest BCUT2D eigenvalue weighted by Crippen LogP contribution is 2.35. The molecule has 2 atom stereocenters. The molecule has 7 nitrogen and oxygen atoms in total. The first-order valence-corrected chi connectivity index (χ1v) is 9.15. The quantitative estimate of drug-likeness (QED) is 0.443. The SMILES string of the molecule is O=C(COC(=O)CCN1C(=O)[C@H]2CC=CC[C@H]2C1=O)Nc1ccc(F)cc1Cl. The molecule has 0 saturated carbocycles. The van der Waals surface area contributed by atoms with Gasteiger partial charge in [0.05, 0.1) is 29.0 Å². The van der Waals surface area contributed by atoms with E-state index in [1.54, 1.807) is 0 Å². The summed E-state index contributed by atoms with van der Waals surface area (Å²) in [5, 5.41) is 2.41. The Morgan fingerprint density at radius 1 is 1.18 bits per heavy atom. The number of fused-ring (bicyclic) bond motifs is 1. The minimum Gasteiger partial charge on any atom is -0.456 e. The number of nitrogens with zero attached hydrogens (tertiary/aromatic N) is 1. The lowest BCUT2D eigenvalue weighted by Gasteiger charge is -2.14. The Kier molecular flexibility index (Phi) is 6.08. The molecule has 3 amide bonds. The summed E-state index contributed by atoms with van der Waals surface area (Å²) < 4.78 is 17.8. The smallest absolute Gasteiger partial charge is 0.308 e. The van der Waals surface area contributed by atoms with Crippen LogP contribution in [0.1, 0.15) is 19.3 Å². The molecule has 0 spiro atoms. The molecule has 0 bridgehead atoms. The summed E-state index contributed by atoms with van der Waals surface area (Å²) in [6.45, 7) is -0.640. The van der Waals surface area contributed by atoms with Crippen molar-refractivity contribution in [1.29, 1.82) is 0 Å². The summed E-state index contributed by atoms with van der Waals surface area (Å²) in [7, 11) is 0. The normalized spacial score (nSPS) is 20.9. The fourth-order valence-corrected chi connectivity index (χ4v) is 3.50. The highest BCUT2D eigenvalue weighted by atomic mass is 35.5. The van der Waals surface area contributed by atoms with Gasteiger partial charge >= 0.3 is 5.97 Å². The third-order valence-corrected chi connectivity index (χ3v) is 5.02.